The molecular weight excluding hydrogens is 264 g/mol. The van der Waals surface area contributed by atoms with Gasteiger partial charge in [-0.2, -0.15) is 0 Å². The molecule has 2 atom stereocenters. The van der Waals surface area contributed by atoms with Crippen molar-refractivity contribution in [3.8, 4) is 0 Å². The van der Waals surface area contributed by atoms with Gasteiger partial charge >= 0.3 is 5.97 Å². The Labute approximate surface area is 116 Å². The van der Waals surface area contributed by atoms with Crippen LogP contribution in [-0.2, 0) is 14.4 Å². The number of hydrogen-bond acceptors (Lipinski definition) is 4. The highest BCUT2D eigenvalue weighted by molar-refractivity contribution is 5.86. The maximum atomic E-state index is 12.0. The molecule has 1 aliphatic heterocycles. The van der Waals surface area contributed by atoms with E-state index in [9.17, 15) is 14.4 Å². The van der Waals surface area contributed by atoms with E-state index in [0.29, 0.717) is 19.5 Å². The highest BCUT2D eigenvalue weighted by atomic mass is 16.4. The Morgan fingerprint density at radius 1 is 1.20 bits per heavy atom. The summed E-state index contributed by atoms with van der Waals surface area (Å²) in [6.45, 7) is 0.374. The van der Waals surface area contributed by atoms with Gasteiger partial charge in [-0.3, -0.25) is 9.59 Å². The lowest BCUT2D eigenvalue weighted by Gasteiger charge is -2.32. The molecular formula is C13H20N2O5. The lowest BCUT2D eigenvalue weighted by Crippen LogP contribution is -2.50. The zero-order chi connectivity index (χ0) is 14.7. The first-order valence-corrected chi connectivity index (χ1v) is 6.95. The van der Waals surface area contributed by atoms with Crippen molar-refractivity contribution in [3.63, 3.8) is 0 Å². The molecule has 1 aliphatic carbocycles. The normalized spacial score (nSPS) is 24.1. The molecule has 1 saturated carbocycles. The van der Waals surface area contributed by atoms with Crippen molar-refractivity contribution >= 4 is 17.8 Å². The summed E-state index contributed by atoms with van der Waals surface area (Å²) in [5, 5.41) is 20.0. The quantitative estimate of drug-likeness (QED) is 0.612. The molecule has 0 spiro atoms. The highest BCUT2D eigenvalue weighted by Crippen LogP contribution is 2.32. The maximum Gasteiger partial charge on any atom is 0.328 e. The molecule has 0 aromatic rings. The molecule has 7 nitrogen and oxygen atoms in total. The van der Waals surface area contributed by atoms with Crippen LogP contribution in [0.4, 0.5) is 0 Å². The van der Waals surface area contributed by atoms with Crippen molar-refractivity contribution in [2.75, 3.05) is 19.7 Å². The summed E-state index contributed by atoms with van der Waals surface area (Å²) in [6, 6.07) is -1.28. The largest absolute Gasteiger partial charge is 0.480 e. The summed E-state index contributed by atoms with van der Waals surface area (Å²) in [7, 11) is 0. The molecule has 3 N–H and O–H groups in total. The number of nitrogens with one attached hydrogen (secondary N) is 1. The number of carbonyl (C=O) groups excluding carboxylic acids is 2. The number of rotatable bonds is 5. The SMILES string of the molecule is O=C(NC(CO)C(=O)O)C1CCCN(C(=O)C2CC2)C1. The number of hydrogen-bond donors (Lipinski definition) is 3. The van der Waals surface area contributed by atoms with E-state index in [-0.39, 0.29) is 17.7 Å². The van der Waals surface area contributed by atoms with Gasteiger partial charge in [0.15, 0.2) is 0 Å². The van der Waals surface area contributed by atoms with Gasteiger partial charge in [0.1, 0.15) is 6.04 Å². The third kappa shape index (κ3) is 3.47. The molecule has 2 fully saturated rings. The Kier molecular flexibility index (Phi) is 4.59. The second kappa shape index (κ2) is 6.21. The number of carboxylic acids is 1. The summed E-state index contributed by atoms with van der Waals surface area (Å²) < 4.78 is 0. The number of amides is 2. The van der Waals surface area contributed by atoms with E-state index in [0.717, 1.165) is 19.3 Å². The lowest BCUT2D eigenvalue weighted by atomic mass is 9.96. The number of nitrogens with zero attached hydrogens (tertiary/aromatic N) is 1. The number of piperidine rings is 1. The van der Waals surface area contributed by atoms with Gasteiger partial charge in [-0.25, -0.2) is 4.79 Å². The van der Waals surface area contributed by atoms with Crippen molar-refractivity contribution in [3.05, 3.63) is 0 Å². The summed E-state index contributed by atoms with van der Waals surface area (Å²) in [5.74, 6) is -1.82. The van der Waals surface area contributed by atoms with Crippen LogP contribution in [0.2, 0.25) is 0 Å². The van der Waals surface area contributed by atoms with Crippen molar-refractivity contribution < 1.29 is 24.6 Å². The average Bonchev–Trinajstić information content (AvgIpc) is 3.28. The second-order valence-electron chi connectivity index (χ2n) is 5.48. The third-order valence-corrected chi connectivity index (χ3v) is 3.83. The van der Waals surface area contributed by atoms with Crippen LogP contribution in [0.3, 0.4) is 0 Å². The Hall–Kier alpha value is -1.63. The van der Waals surface area contributed by atoms with Crippen LogP contribution < -0.4 is 5.32 Å². The first-order valence-electron chi connectivity index (χ1n) is 6.95. The molecule has 1 saturated heterocycles. The zero-order valence-electron chi connectivity index (χ0n) is 11.2. The summed E-state index contributed by atoms with van der Waals surface area (Å²) in [4.78, 5) is 36.5. The van der Waals surface area contributed by atoms with Crippen LogP contribution in [0, 0.1) is 11.8 Å². The molecule has 0 aromatic heterocycles. The van der Waals surface area contributed by atoms with Gasteiger partial charge in [-0.1, -0.05) is 0 Å². The minimum absolute atomic E-state index is 0.111. The van der Waals surface area contributed by atoms with Gasteiger partial charge in [0.05, 0.1) is 12.5 Å². The van der Waals surface area contributed by atoms with Crippen LogP contribution in [0.15, 0.2) is 0 Å². The number of likely N-dealkylation sites (tertiary alicyclic amines) is 1. The van der Waals surface area contributed by atoms with Gasteiger partial charge in [-0.05, 0) is 25.7 Å². The van der Waals surface area contributed by atoms with Crippen LogP contribution >= 0.6 is 0 Å². The molecule has 20 heavy (non-hydrogen) atoms. The fourth-order valence-corrected chi connectivity index (χ4v) is 2.45. The zero-order valence-corrected chi connectivity index (χ0v) is 11.2. The fraction of sp³-hybridized carbons (Fsp3) is 0.769. The van der Waals surface area contributed by atoms with Crippen LogP contribution in [0.1, 0.15) is 25.7 Å². The Balaban J connectivity index is 1.89. The summed E-state index contributed by atoms with van der Waals surface area (Å²) in [6.07, 6.45) is 3.24. The van der Waals surface area contributed by atoms with Gasteiger partial charge in [0.25, 0.3) is 0 Å². The number of aliphatic hydroxyl groups excluding tert-OH is 1. The third-order valence-electron chi connectivity index (χ3n) is 3.83. The second-order valence-corrected chi connectivity index (χ2v) is 5.48. The molecule has 1 heterocycles. The topological polar surface area (TPSA) is 107 Å². The monoisotopic (exact) mass is 284 g/mol. The van der Waals surface area contributed by atoms with E-state index < -0.39 is 24.5 Å². The van der Waals surface area contributed by atoms with Gasteiger partial charge in [-0.15, -0.1) is 0 Å². The number of aliphatic carboxylic acids is 1. The molecule has 0 bridgehead atoms. The smallest absolute Gasteiger partial charge is 0.328 e. The standard InChI is InChI=1S/C13H20N2O5/c16-7-10(13(19)20)14-11(17)9-2-1-5-15(6-9)12(18)8-3-4-8/h8-10,16H,1-7H2,(H,14,17)(H,19,20). The predicted octanol–water partition coefficient (Wildman–Crippen LogP) is -0.803. The van der Waals surface area contributed by atoms with E-state index in [1.54, 1.807) is 4.90 Å². The van der Waals surface area contributed by atoms with Crippen molar-refractivity contribution in [1.29, 1.82) is 0 Å². The number of carbonyl (C=O) groups is 3. The summed E-state index contributed by atoms with van der Waals surface area (Å²) >= 11 is 0. The number of aliphatic hydroxyl groups is 1. The lowest BCUT2D eigenvalue weighted by molar-refractivity contribution is -0.145. The Morgan fingerprint density at radius 3 is 2.45 bits per heavy atom. The van der Waals surface area contributed by atoms with E-state index in [4.69, 9.17) is 10.2 Å². The molecule has 0 radical (unpaired) electrons. The van der Waals surface area contributed by atoms with Crippen LogP contribution in [-0.4, -0.2) is 58.6 Å². The van der Waals surface area contributed by atoms with E-state index >= 15 is 0 Å². The molecule has 2 rings (SSSR count). The highest BCUT2D eigenvalue weighted by Gasteiger charge is 2.37. The van der Waals surface area contributed by atoms with E-state index in [1.807, 2.05) is 0 Å². The molecule has 2 aliphatic rings. The Bertz CT molecular complexity index is 408. The van der Waals surface area contributed by atoms with Gasteiger partial charge in [0.2, 0.25) is 11.8 Å². The van der Waals surface area contributed by atoms with Gasteiger partial charge in [0, 0.05) is 19.0 Å². The molecule has 0 aromatic carbocycles. The molecule has 2 amide bonds. The predicted molar refractivity (Wildman–Crippen MR) is 68.7 cm³/mol. The van der Waals surface area contributed by atoms with Crippen LogP contribution in [0.5, 0.6) is 0 Å². The average molecular weight is 284 g/mol. The van der Waals surface area contributed by atoms with Gasteiger partial charge < -0.3 is 20.4 Å². The first-order chi connectivity index (χ1) is 9.52. The van der Waals surface area contributed by atoms with Crippen molar-refractivity contribution in [2.45, 2.75) is 31.7 Å². The first kappa shape index (κ1) is 14.8. The number of carboxylic acid groups (broad SMARTS) is 1. The Morgan fingerprint density at radius 2 is 1.90 bits per heavy atom. The van der Waals surface area contributed by atoms with Crippen molar-refractivity contribution in [1.82, 2.24) is 10.2 Å². The maximum absolute atomic E-state index is 12.0. The van der Waals surface area contributed by atoms with E-state index in [2.05, 4.69) is 5.32 Å². The molecule has 2 unspecified atom stereocenters. The minimum Gasteiger partial charge on any atom is -0.480 e. The van der Waals surface area contributed by atoms with Crippen molar-refractivity contribution in [2.24, 2.45) is 11.8 Å². The minimum atomic E-state index is -1.28. The molecule has 112 valence electrons. The fourth-order valence-electron chi connectivity index (χ4n) is 2.45. The van der Waals surface area contributed by atoms with Crippen LogP contribution in [0.25, 0.3) is 0 Å². The van der Waals surface area contributed by atoms with E-state index in [1.165, 1.54) is 0 Å². The molecule has 7 heteroatoms. The summed E-state index contributed by atoms with van der Waals surface area (Å²) in [5.41, 5.74) is 0.